The molecule has 1 unspecified atom stereocenters. The van der Waals surface area contributed by atoms with Crippen LogP contribution in [-0.2, 0) is 0 Å². The molecule has 190 valence electrons. The van der Waals surface area contributed by atoms with Gasteiger partial charge in [-0.3, -0.25) is 19.7 Å². The minimum atomic E-state index is -0.834. The van der Waals surface area contributed by atoms with Gasteiger partial charge in [-0.15, -0.1) is 0 Å². The number of nitro benzene ring substituents is 1. The fourth-order valence-electron chi connectivity index (χ4n) is 5.04. The topological polar surface area (TPSA) is 115 Å². The van der Waals surface area contributed by atoms with E-state index in [1.54, 1.807) is 41.3 Å². The van der Waals surface area contributed by atoms with E-state index in [0.29, 0.717) is 35.3 Å². The molecule has 1 saturated carbocycles. The minimum Gasteiger partial charge on any atom is -0.439 e. The standard InChI is InChI=1S/C26H22ClFN4O5/c27-18-5-8-23(29-13-18)37-21-6-3-16(4-7-21)24(33)30-22-2-1-9-26(22)14-31(15-26)25(34)17-10-19(28)12-20(11-17)32(35)36/h3-8,10-13,22H,1-2,9,14-15H2,(H,30,33). The van der Waals surface area contributed by atoms with Gasteiger partial charge in [0.25, 0.3) is 17.5 Å². The largest absolute Gasteiger partial charge is 0.439 e. The maximum Gasteiger partial charge on any atom is 0.273 e. The summed E-state index contributed by atoms with van der Waals surface area (Å²) in [6.07, 6.45) is 4.00. The predicted molar refractivity (Wildman–Crippen MR) is 132 cm³/mol. The lowest BCUT2D eigenvalue weighted by molar-refractivity contribution is -0.385. The van der Waals surface area contributed by atoms with E-state index in [4.69, 9.17) is 16.3 Å². The molecule has 1 aliphatic carbocycles. The number of carbonyl (C=O) groups excluding carboxylic acids is 2. The van der Waals surface area contributed by atoms with Crippen LogP contribution in [0.2, 0.25) is 5.02 Å². The first-order valence-corrected chi connectivity index (χ1v) is 12.0. The SMILES string of the molecule is O=C(NC1CCCC12CN(C(=O)c1cc(F)cc([N+](=O)[O-])c1)C2)c1ccc(Oc2ccc(Cl)cn2)cc1. The molecule has 11 heteroatoms. The Labute approximate surface area is 216 Å². The van der Waals surface area contributed by atoms with E-state index in [1.807, 2.05) is 0 Å². The molecule has 9 nitrogen and oxygen atoms in total. The molecule has 2 aliphatic rings. The smallest absolute Gasteiger partial charge is 0.273 e. The van der Waals surface area contributed by atoms with E-state index >= 15 is 0 Å². The van der Waals surface area contributed by atoms with Gasteiger partial charge in [0.05, 0.1) is 16.0 Å². The highest BCUT2D eigenvalue weighted by Gasteiger charge is 2.53. The average Bonchev–Trinajstić information content (AvgIpc) is 3.27. The molecule has 1 saturated heterocycles. The van der Waals surface area contributed by atoms with Crippen LogP contribution in [-0.4, -0.2) is 45.8 Å². The van der Waals surface area contributed by atoms with E-state index in [0.717, 1.165) is 37.5 Å². The van der Waals surface area contributed by atoms with Gasteiger partial charge in [0.15, 0.2) is 0 Å². The highest BCUT2D eigenvalue weighted by Crippen LogP contribution is 2.46. The summed E-state index contributed by atoms with van der Waals surface area (Å²) < 4.78 is 19.5. The molecule has 5 rings (SSSR count). The van der Waals surface area contributed by atoms with Crippen molar-refractivity contribution in [3.8, 4) is 11.6 Å². The summed E-state index contributed by atoms with van der Waals surface area (Å²) in [4.78, 5) is 41.7. The van der Waals surface area contributed by atoms with Crippen molar-refractivity contribution in [1.82, 2.24) is 15.2 Å². The third-order valence-electron chi connectivity index (χ3n) is 6.89. The number of ether oxygens (including phenoxy) is 1. The number of benzene rings is 2. The lowest BCUT2D eigenvalue weighted by atomic mass is 9.74. The van der Waals surface area contributed by atoms with Gasteiger partial charge in [-0.25, -0.2) is 9.37 Å². The maximum absolute atomic E-state index is 13.8. The molecular weight excluding hydrogens is 503 g/mol. The van der Waals surface area contributed by atoms with Crippen LogP contribution in [0.1, 0.15) is 40.0 Å². The van der Waals surface area contributed by atoms with Crippen LogP contribution in [0.4, 0.5) is 10.1 Å². The predicted octanol–water partition coefficient (Wildman–Crippen LogP) is 5.00. The summed E-state index contributed by atoms with van der Waals surface area (Å²) in [6.45, 7) is 0.782. The summed E-state index contributed by atoms with van der Waals surface area (Å²) in [5.41, 5.74) is -0.326. The molecule has 2 heterocycles. The molecule has 1 atom stereocenters. The Kier molecular flexibility index (Phi) is 6.51. The number of non-ortho nitro benzene ring substituents is 1. The number of rotatable bonds is 6. The maximum atomic E-state index is 13.8. The molecule has 37 heavy (non-hydrogen) atoms. The lowest BCUT2D eigenvalue weighted by Gasteiger charge is -2.51. The first kappa shape index (κ1) is 24.6. The summed E-state index contributed by atoms with van der Waals surface area (Å²) >= 11 is 5.83. The third kappa shape index (κ3) is 5.10. The van der Waals surface area contributed by atoms with Gasteiger partial charge in [-0.05, 0) is 49.2 Å². The number of aromatic nitrogens is 1. The van der Waals surface area contributed by atoms with Gasteiger partial charge in [0.1, 0.15) is 11.6 Å². The number of halogens is 2. The van der Waals surface area contributed by atoms with E-state index in [9.17, 15) is 24.1 Å². The first-order valence-electron chi connectivity index (χ1n) is 11.7. The van der Waals surface area contributed by atoms with Crippen LogP contribution in [0.25, 0.3) is 0 Å². The zero-order valence-electron chi connectivity index (χ0n) is 19.5. The van der Waals surface area contributed by atoms with E-state index < -0.39 is 22.3 Å². The van der Waals surface area contributed by atoms with Gasteiger partial charge >= 0.3 is 0 Å². The highest BCUT2D eigenvalue weighted by molar-refractivity contribution is 6.30. The van der Waals surface area contributed by atoms with Crippen molar-refractivity contribution in [1.29, 1.82) is 0 Å². The fraction of sp³-hybridized carbons (Fsp3) is 0.269. The van der Waals surface area contributed by atoms with Crippen LogP contribution in [0.15, 0.2) is 60.8 Å². The molecule has 1 N–H and O–H groups in total. The van der Waals surface area contributed by atoms with Gasteiger partial charge in [0.2, 0.25) is 5.88 Å². The Bertz CT molecular complexity index is 1360. The quantitative estimate of drug-likeness (QED) is 0.358. The molecule has 2 fully saturated rings. The van der Waals surface area contributed by atoms with Crippen molar-refractivity contribution in [2.75, 3.05) is 13.1 Å². The van der Waals surface area contributed by atoms with Crippen molar-refractivity contribution in [2.24, 2.45) is 5.41 Å². The summed E-state index contributed by atoms with van der Waals surface area (Å²) in [6, 6.07) is 12.7. The molecule has 3 aromatic rings. The summed E-state index contributed by atoms with van der Waals surface area (Å²) in [5.74, 6) is -0.621. The zero-order chi connectivity index (χ0) is 26.2. The monoisotopic (exact) mass is 524 g/mol. The Morgan fingerprint density at radius 1 is 1.14 bits per heavy atom. The van der Waals surface area contributed by atoms with Gasteiger partial charge in [-0.2, -0.15) is 0 Å². The number of hydrogen-bond donors (Lipinski definition) is 1. The van der Waals surface area contributed by atoms with Crippen molar-refractivity contribution in [3.63, 3.8) is 0 Å². The van der Waals surface area contributed by atoms with E-state index in [-0.39, 0.29) is 22.9 Å². The minimum absolute atomic E-state index is 0.0590. The second-order valence-corrected chi connectivity index (χ2v) is 9.77. The Morgan fingerprint density at radius 2 is 1.89 bits per heavy atom. The number of likely N-dealkylation sites (tertiary alicyclic amines) is 1. The Hall–Kier alpha value is -4.05. The van der Waals surface area contributed by atoms with E-state index in [1.165, 1.54) is 6.20 Å². The molecule has 0 radical (unpaired) electrons. The van der Waals surface area contributed by atoms with Crippen LogP contribution >= 0.6 is 11.6 Å². The molecule has 0 bridgehead atoms. The third-order valence-corrected chi connectivity index (χ3v) is 7.11. The molecule has 1 aromatic heterocycles. The lowest BCUT2D eigenvalue weighted by Crippen LogP contribution is -2.64. The van der Waals surface area contributed by atoms with Crippen LogP contribution in [0, 0.1) is 21.3 Å². The normalized spacial score (nSPS) is 17.8. The average molecular weight is 525 g/mol. The Morgan fingerprint density at radius 3 is 2.57 bits per heavy atom. The molecule has 2 amide bonds. The molecule has 2 aromatic carbocycles. The first-order chi connectivity index (χ1) is 17.7. The van der Waals surface area contributed by atoms with Gasteiger partial charge < -0.3 is 15.0 Å². The molecule has 1 spiro atoms. The number of amides is 2. The van der Waals surface area contributed by atoms with Crippen molar-refractivity contribution < 1.29 is 23.6 Å². The number of carbonyl (C=O) groups is 2. The van der Waals surface area contributed by atoms with Crippen LogP contribution in [0.5, 0.6) is 11.6 Å². The van der Waals surface area contributed by atoms with Gasteiger partial charge in [-0.1, -0.05) is 18.0 Å². The highest BCUT2D eigenvalue weighted by atomic mass is 35.5. The number of nitrogens with zero attached hydrogens (tertiary/aromatic N) is 3. The Balaban J connectivity index is 1.20. The summed E-state index contributed by atoms with van der Waals surface area (Å²) in [7, 11) is 0. The number of hydrogen-bond acceptors (Lipinski definition) is 6. The number of nitro groups is 1. The second kappa shape index (κ2) is 9.78. The van der Waals surface area contributed by atoms with Crippen LogP contribution in [0.3, 0.4) is 0 Å². The van der Waals surface area contributed by atoms with Crippen molar-refractivity contribution in [3.05, 3.63) is 92.9 Å². The van der Waals surface area contributed by atoms with Crippen LogP contribution < -0.4 is 10.1 Å². The molecular formula is C26H22ClFN4O5. The van der Waals surface area contributed by atoms with Crippen molar-refractivity contribution >= 4 is 29.1 Å². The second-order valence-electron chi connectivity index (χ2n) is 9.34. The fourth-order valence-corrected chi connectivity index (χ4v) is 5.16. The van der Waals surface area contributed by atoms with Gasteiger partial charge in [0, 0.05) is 54.0 Å². The number of pyridine rings is 1. The zero-order valence-corrected chi connectivity index (χ0v) is 20.3. The van der Waals surface area contributed by atoms with E-state index in [2.05, 4.69) is 10.3 Å². The number of nitrogens with one attached hydrogen (secondary N) is 1. The molecule has 1 aliphatic heterocycles. The summed E-state index contributed by atoms with van der Waals surface area (Å²) in [5, 5.41) is 14.6. The van der Waals surface area contributed by atoms with Crippen molar-refractivity contribution in [2.45, 2.75) is 25.3 Å².